The van der Waals surface area contributed by atoms with Gasteiger partial charge in [0.15, 0.2) is 0 Å². The van der Waals surface area contributed by atoms with E-state index >= 15 is 0 Å². The Morgan fingerprint density at radius 1 is 1.17 bits per heavy atom. The van der Waals surface area contributed by atoms with Crippen LogP contribution in [0.25, 0.3) is 0 Å². The molecule has 0 radical (unpaired) electrons. The Hall–Kier alpha value is -2.14. The van der Waals surface area contributed by atoms with Crippen LogP contribution in [0.15, 0.2) is 30.6 Å². The zero-order chi connectivity index (χ0) is 13.0. The molecular weight excluding hydrogens is 226 g/mol. The van der Waals surface area contributed by atoms with Crippen LogP contribution in [0.1, 0.15) is 18.1 Å². The average Bonchev–Trinajstić information content (AvgIpc) is 2.42. The van der Waals surface area contributed by atoms with Crippen molar-refractivity contribution < 1.29 is 0 Å². The highest BCUT2D eigenvalue weighted by atomic mass is 15.3. The highest BCUT2D eigenvalue weighted by Crippen LogP contribution is 2.24. The van der Waals surface area contributed by atoms with Gasteiger partial charge < -0.3 is 10.7 Å². The van der Waals surface area contributed by atoms with Gasteiger partial charge in [0, 0.05) is 11.3 Å². The lowest BCUT2D eigenvalue weighted by Crippen LogP contribution is -2.11. The first kappa shape index (κ1) is 12.3. The fraction of sp³-hybridized carbons (Fsp3) is 0.231. The lowest BCUT2D eigenvalue weighted by molar-refractivity contribution is 1.10. The third kappa shape index (κ3) is 2.41. The SMILES string of the molecule is CCc1ccccc1Nc1ncnc(NN)c1C. The van der Waals surface area contributed by atoms with Crippen molar-refractivity contribution in [1.29, 1.82) is 0 Å². The molecule has 5 heteroatoms. The van der Waals surface area contributed by atoms with Crippen LogP contribution in [0, 0.1) is 6.92 Å². The zero-order valence-corrected chi connectivity index (χ0v) is 10.6. The Kier molecular flexibility index (Phi) is 3.74. The van der Waals surface area contributed by atoms with Gasteiger partial charge in [0.05, 0.1) is 0 Å². The van der Waals surface area contributed by atoms with E-state index in [0.717, 1.165) is 23.5 Å². The van der Waals surface area contributed by atoms with Gasteiger partial charge in [-0.3, -0.25) is 0 Å². The highest BCUT2D eigenvalue weighted by molar-refractivity contribution is 5.66. The molecule has 0 saturated carbocycles. The van der Waals surface area contributed by atoms with Crippen molar-refractivity contribution in [2.24, 2.45) is 5.84 Å². The summed E-state index contributed by atoms with van der Waals surface area (Å²) in [4.78, 5) is 8.29. The molecule has 1 aromatic carbocycles. The van der Waals surface area contributed by atoms with Crippen molar-refractivity contribution in [1.82, 2.24) is 9.97 Å². The summed E-state index contributed by atoms with van der Waals surface area (Å²) in [5.41, 5.74) is 5.76. The summed E-state index contributed by atoms with van der Waals surface area (Å²) < 4.78 is 0. The normalized spacial score (nSPS) is 10.2. The molecule has 0 spiro atoms. The summed E-state index contributed by atoms with van der Waals surface area (Å²) in [6, 6.07) is 8.17. The molecule has 2 rings (SSSR count). The Morgan fingerprint density at radius 2 is 1.89 bits per heavy atom. The number of rotatable bonds is 4. The predicted molar refractivity (Wildman–Crippen MR) is 73.7 cm³/mol. The molecule has 1 heterocycles. The van der Waals surface area contributed by atoms with Crippen LogP contribution in [-0.2, 0) is 6.42 Å². The minimum absolute atomic E-state index is 0.626. The number of nitrogen functional groups attached to an aromatic ring is 1. The monoisotopic (exact) mass is 243 g/mol. The zero-order valence-electron chi connectivity index (χ0n) is 10.6. The first-order valence-electron chi connectivity index (χ1n) is 5.89. The maximum absolute atomic E-state index is 5.40. The molecular formula is C13H17N5. The van der Waals surface area contributed by atoms with E-state index in [4.69, 9.17) is 5.84 Å². The van der Waals surface area contributed by atoms with Crippen LogP contribution in [0.3, 0.4) is 0 Å². The number of nitrogens with two attached hydrogens (primary N) is 1. The summed E-state index contributed by atoms with van der Waals surface area (Å²) in [6.07, 6.45) is 2.45. The van der Waals surface area contributed by atoms with Crippen LogP contribution < -0.4 is 16.6 Å². The molecule has 4 N–H and O–H groups in total. The summed E-state index contributed by atoms with van der Waals surface area (Å²) >= 11 is 0. The van der Waals surface area contributed by atoms with Gasteiger partial charge in [0.25, 0.3) is 0 Å². The van der Waals surface area contributed by atoms with Gasteiger partial charge >= 0.3 is 0 Å². The molecule has 5 nitrogen and oxygen atoms in total. The summed E-state index contributed by atoms with van der Waals surface area (Å²) in [7, 11) is 0. The van der Waals surface area contributed by atoms with Crippen molar-refractivity contribution in [3.8, 4) is 0 Å². The third-order valence-corrected chi connectivity index (χ3v) is 2.87. The van der Waals surface area contributed by atoms with Gasteiger partial charge in [-0.15, -0.1) is 0 Å². The van der Waals surface area contributed by atoms with Gasteiger partial charge in [0.1, 0.15) is 18.0 Å². The molecule has 2 aromatic rings. The molecule has 0 amide bonds. The smallest absolute Gasteiger partial charge is 0.148 e. The van der Waals surface area contributed by atoms with E-state index in [-0.39, 0.29) is 0 Å². The minimum atomic E-state index is 0.626. The molecule has 94 valence electrons. The highest BCUT2D eigenvalue weighted by Gasteiger charge is 2.07. The number of nitrogens with one attached hydrogen (secondary N) is 2. The number of hydrogen-bond acceptors (Lipinski definition) is 5. The van der Waals surface area contributed by atoms with Crippen molar-refractivity contribution in [3.05, 3.63) is 41.7 Å². The van der Waals surface area contributed by atoms with E-state index in [1.165, 1.54) is 11.9 Å². The lowest BCUT2D eigenvalue weighted by atomic mass is 10.1. The van der Waals surface area contributed by atoms with Crippen molar-refractivity contribution in [2.45, 2.75) is 20.3 Å². The van der Waals surface area contributed by atoms with Crippen LogP contribution in [-0.4, -0.2) is 9.97 Å². The quantitative estimate of drug-likeness (QED) is 0.568. The van der Waals surface area contributed by atoms with Crippen molar-refractivity contribution in [3.63, 3.8) is 0 Å². The van der Waals surface area contributed by atoms with E-state index in [1.807, 2.05) is 25.1 Å². The van der Waals surface area contributed by atoms with Crippen molar-refractivity contribution >= 4 is 17.3 Å². The first-order valence-corrected chi connectivity index (χ1v) is 5.89. The van der Waals surface area contributed by atoms with E-state index < -0.39 is 0 Å². The molecule has 0 aliphatic carbocycles. The molecule has 0 saturated heterocycles. The number of hydrogen-bond donors (Lipinski definition) is 3. The first-order chi connectivity index (χ1) is 8.76. The second-order valence-electron chi connectivity index (χ2n) is 3.98. The fourth-order valence-electron chi connectivity index (χ4n) is 1.80. The molecule has 18 heavy (non-hydrogen) atoms. The summed E-state index contributed by atoms with van der Waals surface area (Å²) in [5.74, 6) is 6.79. The number of aryl methyl sites for hydroxylation is 1. The number of nitrogens with zero attached hydrogens (tertiary/aromatic N) is 2. The Morgan fingerprint density at radius 3 is 2.61 bits per heavy atom. The minimum Gasteiger partial charge on any atom is -0.340 e. The van der Waals surface area contributed by atoms with E-state index in [2.05, 4.69) is 33.7 Å². The van der Waals surface area contributed by atoms with Gasteiger partial charge in [-0.25, -0.2) is 15.8 Å². The summed E-state index contributed by atoms with van der Waals surface area (Å²) in [6.45, 7) is 4.05. The average molecular weight is 243 g/mol. The van der Waals surface area contributed by atoms with Gasteiger partial charge in [-0.05, 0) is 25.0 Å². The Bertz CT molecular complexity index is 539. The Labute approximate surface area is 106 Å². The fourth-order valence-corrected chi connectivity index (χ4v) is 1.80. The van der Waals surface area contributed by atoms with Gasteiger partial charge in [-0.2, -0.15) is 0 Å². The number of aromatic nitrogens is 2. The van der Waals surface area contributed by atoms with E-state index in [9.17, 15) is 0 Å². The van der Waals surface area contributed by atoms with Crippen LogP contribution in [0.5, 0.6) is 0 Å². The molecule has 0 aliphatic rings. The largest absolute Gasteiger partial charge is 0.340 e. The standard InChI is InChI=1S/C13H17N5/c1-3-10-6-4-5-7-11(10)17-12-9(2)13(18-14)16-8-15-12/h4-8H,3,14H2,1-2H3,(H2,15,16,17,18). The summed E-state index contributed by atoms with van der Waals surface area (Å²) in [5, 5.41) is 3.32. The topological polar surface area (TPSA) is 75.9 Å². The van der Waals surface area contributed by atoms with Crippen molar-refractivity contribution in [2.75, 3.05) is 10.7 Å². The van der Waals surface area contributed by atoms with Crippen LogP contribution in [0.2, 0.25) is 0 Å². The molecule has 0 bridgehead atoms. The van der Waals surface area contributed by atoms with Gasteiger partial charge in [-0.1, -0.05) is 25.1 Å². The van der Waals surface area contributed by atoms with E-state index in [0.29, 0.717) is 5.82 Å². The third-order valence-electron chi connectivity index (χ3n) is 2.87. The molecule has 1 aromatic heterocycles. The Balaban J connectivity index is 2.34. The molecule has 0 unspecified atom stereocenters. The maximum atomic E-state index is 5.40. The predicted octanol–water partition coefficient (Wildman–Crippen LogP) is 2.38. The molecule has 0 atom stereocenters. The lowest BCUT2D eigenvalue weighted by Gasteiger charge is -2.13. The van der Waals surface area contributed by atoms with E-state index in [1.54, 1.807) is 0 Å². The number of para-hydroxylation sites is 1. The molecule has 0 fully saturated rings. The van der Waals surface area contributed by atoms with Crippen LogP contribution in [0.4, 0.5) is 17.3 Å². The molecule has 0 aliphatic heterocycles. The second kappa shape index (κ2) is 5.46. The van der Waals surface area contributed by atoms with Gasteiger partial charge in [0.2, 0.25) is 0 Å². The second-order valence-corrected chi connectivity index (χ2v) is 3.98. The number of hydrazine groups is 1. The maximum Gasteiger partial charge on any atom is 0.148 e. The number of benzene rings is 1. The number of anilines is 3. The van der Waals surface area contributed by atoms with Crippen LogP contribution >= 0.6 is 0 Å².